The largest absolute Gasteiger partial charge is 0.356 e. The lowest BCUT2D eigenvalue weighted by Crippen LogP contribution is -2.56. The molecule has 3 aliphatic rings. The lowest BCUT2D eigenvalue weighted by molar-refractivity contribution is -0.140. The number of rotatable bonds is 2. The summed E-state index contributed by atoms with van der Waals surface area (Å²) in [6.45, 7) is 7.23. The summed E-state index contributed by atoms with van der Waals surface area (Å²) in [6, 6.07) is 0.503. The molecule has 1 spiro atoms. The van der Waals surface area contributed by atoms with Crippen molar-refractivity contribution in [3.63, 3.8) is 0 Å². The average molecular weight is 342 g/mol. The summed E-state index contributed by atoms with van der Waals surface area (Å²) in [5.74, 6) is 1.49. The van der Waals surface area contributed by atoms with Crippen LogP contribution in [0.2, 0.25) is 0 Å². The van der Waals surface area contributed by atoms with E-state index in [9.17, 15) is 4.79 Å². The molecular weight excluding hydrogens is 312 g/mol. The second kappa shape index (κ2) is 6.58. The average Bonchev–Trinajstić information content (AvgIpc) is 3.14. The molecule has 0 aromatic carbocycles. The Morgan fingerprint density at radius 2 is 1.88 bits per heavy atom. The van der Waals surface area contributed by atoms with E-state index < -0.39 is 0 Å². The number of piperidine rings is 2. The van der Waals surface area contributed by atoms with Crippen molar-refractivity contribution in [3.8, 4) is 0 Å². The predicted octanol–water partition coefficient (Wildman–Crippen LogP) is 3.25. The first-order valence-electron chi connectivity index (χ1n) is 9.91. The molecule has 1 atom stereocenters. The molecule has 3 fully saturated rings. The van der Waals surface area contributed by atoms with E-state index in [0.29, 0.717) is 11.9 Å². The van der Waals surface area contributed by atoms with Crippen LogP contribution in [0.1, 0.15) is 62.6 Å². The molecule has 1 aliphatic carbocycles. The summed E-state index contributed by atoms with van der Waals surface area (Å²) in [5.41, 5.74) is 2.51. The number of hydrogen-bond acceptors (Lipinski definition) is 4. The molecule has 3 heterocycles. The topological polar surface area (TPSA) is 49.3 Å². The number of hydrogen-bond donors (Lipinski definition) is 0. The van der Waals surface area contributed by atoms with Crippen molar-refractivity contribution in [2.75, 3.05) is 24.5 Å². The van der Waals surface area contributed by atoms with E-state index >= 15 is 0 Å². The molecule has 1 amide bonds. The van der Waals surface area contributed by atoms with E-state index in [-0.39, 0.29) is 5.41 Å². The third-order valence-corrected chi connectivity index (χ3v) is 6.73. The Balaban J connectivity index is 1.55. The van der Waals surface area contributed by atoms with Crippen LogP contribution in [0.5, 0.6) is 0 Å². The lowest BCUT2D eigenvalue weighted by Gasteiger charge is -2.50. The van der Waals surface area contributed by atoms with Gasteiger partial charge in [0.25, 0.3) is 0 Å². The Kier molecular flexibility index (Phi) is 4.42. The van der Waals surface area contributed by atoms with Gasteiger partial charge in [-0.25, -0.2) is 9.97 Å². The zero-order chi connectivity index (χ0) is 17.4. The Morgan fingerprint density at radius 1 is 1.08 bits per heavy atom. The Hall–Kier alpha value is -1.65. The number of aryl methyl sites for hydroxylation is 1. The number of anilines is 1. The molecule has 0 radical (unpaired) electrons. The van der Waals surface area contributed by atoms with Crippen molar-refractivity contribution in [1.82, 2.24) is 14.9 Å². The number of nitrogens with zero attached hydrogens (tertiary/aromatic N) is 4. The minimum atomic E-state index is 0.250. The first-order valence-corrected chi connectivity index (χ1v) is 9.91. The fraction of sp³-hybridized carbons (Fsp3) is 0.750. The van der Waals surface area contributed by atoms with Crippen LogP contribution >= 0.6 is 0 Å². The zero-order valence-electron chi connectivity index (χ0n) is 15.6. The first kappa shape index (κ1) is 16.8. The quantitative estimate of drug-likeness (QED) is 0.828. The first-order chi connectivity index (χ1) is 12.1. The summed E-state index contributed by atoms with van der Waals surface area (Å²) in [7, 11) is 0. The molecule has 5 heteroatoms. The minimum Gasteiger partial charge on any atom is -0.356 e. The van der Waals surface area contributed by atoms with E-state index in [1.807, 2.05) is 0 Å². The summed E-state index contributed by atoms with van der Waals surface area (Å²) in [4.78, 5) is 26.2. The molecule has 5 nitrogen and oxygen atoms in total. The van der Waals surface area contributed by atoms with Gasteiger partial charge < -0.3 is 9.80 Å². The highest BCUT2D eigenvalue weighted by atomic mass is 16.2. The van der Waals surface area contributed by atoms with Gasteiger partial charge in [0.15, 0.2) is 0 Å². The van der Waals surface area contributed by atoms with Gasteiger partial charge in [0.05, 0.1) is 0 Å². The molecule has 1 aromatic heterocycles. The molecule has 25 heavy (non-hydrogen) atoms. The summed E-state index contributed by atoms with van der Waals surface area (Å²) < 4.78 is 0. The molecule has 4 rings (SSSR count). The van der Waals surface area contributed by atoms with Crippen molar-refractivity contribution in [2.45, 2.75) is 71.3 Å². The van der Waals surface area contributed by atoms with Crippen LogP contribution in [-0.4, -0.2) is 46.5 Å². The number of amides is 1. The summed E-state index contributed by atoms with van der Waals surface area (Å²) in [5, 5.41) is 0. The standard InChI is InChI=1S/C20H30N4O/c1-15-16(2)21-14-22-19(15)23-11-5-9-20(12-23)10-8-18(25)24(13-20)17-6-3-4-7-17/h14,17H,3-13H2,1-2H3/t20-/m0/s1. The van der Waals surface area contributed by atoms with E-state index in [0.717, 1.165) is 44.0 Å². The maximum absolute atomic E-state index is 12.5. The number of aromatic nitrogens is 2. The van der Waals surface area contributed by atoms with Crippen LogP contribution in [0.4, 0.5) is 5.82 Å². The molecule has 0 bridgehead atoms. The number of carbonyl (C=O) groups excluding carboxylic acids is 1. The van der Waals surface area contributed by atoms with E-state index in [1.165, 1.54) is 44.1 Å². The number of carbonyl (C=O) groups is 1. The molecule has 2 saturated heterocycles. The van der Waals surface area contributed by atoms with Gasteiger partial charge in [-0.3, -0.25) is 4.79 Å². The smallest absolute Gasteiger partial charge is 0.222 e. The fourth-order valence-electron chi connectivity index (χ4n) is 5.16. The Labute approximate surface area is 150 Å². The molecular formula is C20H30N4O. The SMILES string of the molecule is Cc1ncnc(N2CCC[C@]3(CCC(=O)N(C4CCCC4)C3)C2)c1C. The molecule has 1 saturated carbocycles. The molecule has 136 valence electrons. The van der Waals surface area contributed by atoms with Crippen molar-refractivity contribution < 1.29 is 4.79 Å². The molecule has 1 aromatic rings. The van der Waals surface area contributed by atoms with Crippen molar-refractivity contribution in [2.24, 2.45) is 5.41 Å². The lowest BCUT2D eigenvalue weighted by atomic mass is 9.73. The highest BCUT2D eigenvalue weighted by molar-refractivity contribution is 5.77. The Bertz CT molecular complexity index is 655. The summed E-state index contributed by atoms with van der Waals surface area (Å²) in [6.07, 6.45) is 10.9. The third kappa shape index (κ3) is 3.13. The third-order valence-electron chi connectivity index (χ3n) is 6.73. The highest BCUT2D eigenvalue weighted by Crippen LogP contribution is 2.42. The van der Waals surface area contributed by atoms with Crippen LogP contribution in [0.15, 0.2) is 6.33 Å². The van der Waals surface area contributed by atoms with Crippen molar-refractivity contribution >= 4 is 11.7 Å². The van der Waals surface area contributed by atoms with Gasteiger partial charge >= 0.3 is 0 Å². The maximum Gasteiger partial charge on any atom is 0.222 e. The Morgan fingerprint density at radius 3 is 2.68 bits per heavy atom. The fourth-order valence-corrected chi connectivity index (χ4v) is 5.16. The summed E-state index contributed by atoms with van der Waals surface area (Å²) >= 11 is 0. The van der Waals surface area contributed by atoms with Gasteiger partial charge in [0.2, 0.25) is 5.91 Å². The van der Waals surface area contributed by atoms with Crippen LogP contribution in [0, 0.1) is 19.3 Å². The van der Waals surface area contributed by atoms with Gasteiger partial charge in [0.1, 0.15) is 12.1 Å². The van der Waals surface area contributed by atoms with E-state index in [2.05, 4.69) is 33.6 Å². The van der Waals surface area contributed by atoms with Crippen LogP contribution in [0.25, 0.3) is 0 Å². The van der Waals surface area contributed by atoms with Crippen LogP contribution in [-0.2, 0) is 4.79 Å². The van der Waals surface area contributed by atoms with Crippen LogP contribution in [0.3, 0.4) is 0 Å². The molecule has 0 unspecified atom stereocenters. The second-order valence-corrected chi connectivity index (χ2v) is 8.39. The monoisotopic (exact) mass is 342 g/mol. The molecule has 2 aliphatic heterocycles. The van der Waals surface area contributed by atoms with Gasteiger partial charge in [-0.2, -0.15) is 0 Å². The van der Waals surface area contributed by atoms with E-state index in [1.54, 1.807) is 6.33 Å². The van der Waals surface area contributed by atoms with Crippen molar-refractivity contribution in [3.05, 3.63) is 17.6 Å². The van der Waals surface area contributed by atoms with Crippen molar-refractivity contribution in [1.29, 1.82) is 0 Å². The van der Waals surface area contributed by atoms with E-state index in [4.69, 9.17) is 0 Å². The maximum atomic E-state index is 12.5. The van der Waals surface area contributed by atoms with Crippen LogP contribution < -0.4 is 4.90 Å². The number of likely N-dealkylation sites (tertiary alicyclic amines) is 1. The van der Waals surface area contributed by atoms with Gasteiger partial charge in [-0.1, -0.05) is 12.8 Å². The van der Waals surface area contributed by atoms with Gasteiger partial charge in [-0.05, 0) is 46.0 Å². The highest BCUT2D eigenvalue weighted by Gasteiger charge is 2.44. The van der Waals surface area contributed by atoms with Gasteiger partial charge in [0, 0.05) is 48.8 Å². The van der Waals surface area contributed by atoms with Gasteiger partial charge in [-0.15, -0.1) is 0 Å². The molecule has 0 N–H and O–H groups in total. The minimum absolute atomic E-state index is 0.250. The zero-order valence-corrected chi connectivity index (χ0v) is 15.6. The second-order valence-electron chi connectivity index (χ2n) is 8.39. The normalized spacial score (nSPS) is 28.2. The predicted molar refractivity (Wildman–Crippen MR) is 98.6 cm³/mol.